The Morgan fingerprint density at radius 2 is 0.859 bits per heavy atom. The first-order valence-electron chi connectivity index (χ1n) is 21.9. The summed E-state index contributed by atoms with van der Waals surface area (Å²) in [5.74, 6) is 1.92. The summed E-state index contributed by atoms with van der Waals surface area (Å²) < 4.78 is 6.57. The van der Waals surface area contributed by atoms with Crippen molar-refractivity contribution in [3.05, 3.63) is 211 Å². The zero-order chi connectivity index (χ0) is 42.5. The Labute approximate surface area is 370 Å². The highest BCUT2D eigenvalue weighted by Crippen LogP contribution is 2.52. The Bertz CT molecular complexity index is 3850. The minimum absolute atomic E-state index is 0.146. The zero-order valence-corrected chi connectivity index (χ0v) is 35.3. The van der Waals surface area contributed by atoms with E-state index in [4.69, 9.17) is 19.4 Å². The van der Waals surface area contributed by atoms with Gasteiger partial charge in [0.15, 0.2) is 17.5 Å². The molecule has 0 amide bonds. The molecule has 1 aliphatic rings. The predicted molar refractivity (Wildman–Crippen MR) is 264 cm³/mol. The lowest BCUT2D eigenvalue weighted by atomic mass is 9.82. The van der Waals surface area contributed by atoms with E-state index in [0.29, 0.717) is 17.5 Å². The van der Waals surface area contributed by atoms with Crippen molar-refractivity contribution < 1.29 is 4.42 Å². The van der Waals surface area contributed by atoms with Crippen LogP contribution in [-0.2, 0) is 5.41 Å². The topological polar surface area (TPSA) is 51.8 Å². The number of nitrogens with zero attached hydrogens (tertiary/aromatic N) is 3. The first-order chi connectivity index (χ1) is 31.5. The lowest BCUT2D eigenvalue weighted by molar-refractivity contribution is 0.660. The maximum absolute atomic E-state index is 6.57. The number of aromatic nitrogens is 3. The van der Waals surface area contributed by atoms with Crippen LogP contribution in [0.4, 0.5) is 0 Å². The van der Waals surface area contributed by atoms with Gasteiger partial charge < -0.3 is 4.42 Å². The summed E-state index contributed by atoms with van der Waals surface area (Å²) in [7, 11) is 0. The van der Waals surface area contributed by atoms with Crippen LogP contribution in [0.2, 0.25) is 0 Å². The summed E-state index contributed by atoms with van der Waals surface area (Å²) >= 11 is 0. The minimum Gasteiger partial charge on any atom is -0.456 e. The normalized spacial score (nSPS) is 13.0. The lowest BCUT2D eigenvalue weighted by Crippen LogP contribution is -2.14. The van der Waals surface area contributed by atoms with E-state index in [-0.39, 0.29) is 5.41 Å². The van der Waals surface area contributed by atoms with Gasteiger partial charge in [0.25, 0.3) is 0 Å². The highest BCUT2D eigenvalue weighted by Gasteiger charge is 2.37. The van der Waals surface area contributed by atoms with E-state index in [1.54, 1.807) is 0 Å². The molecule has 0 N–H and O–H groups in total. The van der Waals surface area contributed by atoms with Crippen LogP contribution < -0.4 is 0 Å². The molecule has 12 aromatic rings. The highest BCUT2D eigenvalue weighted by atomic mass is 16.3. The van der Waals surface area contributed by atoms with Crippen LogP contribution in [0.1, 0.15) is 25.0 Å². The van der Waals surface area contributed by atoms with Gasteiger partial charge in [-0.3, -0.25) is 0 Å². The quantitative estimate of drug-likeness (QED) is 0.162. The van der Waals surface area contributed by atoms with Gasteiger partial charge in [0, 0.05) is 32.9 Å². The van der Waals surface area contributed by atoms with E-state index in [2.05, 4.69) is 196 Å². The average Bonchev–Trinajstić information content (AvgIpc) is 3.85. The molecular weight excluding hydrogens is 779 g/mol. The minimum atomic E-state index is -0.146. The molecule has 4 heteroatoms. The second-order valence-electron chi connectivity index (χ2n) is 17.5. The van der Waals surface area contributed by atoms with Crippen molar-refractivity contribution in [1.82, 2.24) is 15.0 Å². The van der Waals surface area contributed by atoms with Crippen molar-refractivity contribution in [2.24, 2.45) is 0 Å². The lowest BCUT2D eigenvalue weighted by Gasteiger charge is -2.21. The molecule has 0 aliphatic heterocycles. The molecule has 0 saturated heterocycles. The van der Waals surface area contributed by atoms with Crippen molar-refractivity contribution in [2.75, 3.05) is 0 Å². The van der Waals surface area contributed by atoms with Gasteiger partial charge in [0.05, 0.1) is 0 Å². The third-order valence-electron chi connectivity index (χ3n) is 13.5. The molecular formula is C60H39N3O. The van der Waals surface area contributed by atoms with Crippen molar-refractivity contribution in [2.45, 2.75) is 19.3 Å². The zero-order valence-electron chi connectivity index (χ0n) is 35.3. The van der Waals surface area contributed by atoms with E-state index in [1.165, 1.54) is 60.1 Å². The maximum Gasteiger partial charge on any atom is 0.164 e. The van der Waals surface area contributed by atoms with E-state index < -0.39 is 0 Å². The van der Waals surface area contributed by atoms with Gasteiger partial charge >= 0.3 is 0 Å². The molecule has 300 valence electrons. The predicted octanol–water partition coefficient (Wildman–Crippen LogP) is 15.9. The number of rotatable bonds is 5. The fourth-order valence-electron chi connectivity index (χ4n) is 10.4. The molecule has 0 saturated carbocycles. The van der Waals surface area contributed by atoms with E-state index in [1.807, 2.05) is 18.2 Å². The van der Waals surface area contributed by atoms with Crippen LogP contribution in [0.25, 0.3) is 122 Å². The number of benzene rings is 10. The van der Waals surface area contributed by atoms with E-state index in [0.717, 1.165) is 55.3 Å². The Hall–Kier alpha value is -8.21. The molecule has 0 bridgehead atoms. The van der Waals surface area contributed by atoms with Gasteiger partial charge in [-0.25, -0.2) is 15.0 Å². The third-order valence-corrected chi connectivity index (χ3v) is 13.5. The largest absolute Gasteiger partial charge is 0.456 e. The summed E-state index contributed by atoms with van der Waals surface area (Å²) in [5.41, 5.74) is 13.9. The van der Waals surface area contributed by atoms with Gasteiger partial charge in [0.1, 0.15) is 11.2 Å². The van der Waals surface area contributed by atoms with E-state index >= 15 is 0 Å². The number of hydrogen-bond donors (Lipinski definition) is 0. The fraction of sp³-hybridized carbons (Fsp3) is 0.0500. The Morgan fingerprint density at radius 3 is 1.64 bits per heavy atom. The van der Waals surface area contributed by atoms with Crippen LogP contribution in [0, 0.1) is 0 Å². The van der Waals surface area contributed by atoms with Crippen molar-refractivity contribution >= 4 is 54.3 Å². The first kappa shape index (κ1) is 36.4. The Balaban J connectivity index is 0.957. The van der Waals surface area contributed by atoms with Crippen LogP contribution in [-0.4, -0.2) is 15.0 Å². The van der Waals surface area contributed by atoms with Crippen LogP contribution in [0.3, 0.4) is 0 Å². The molecule has 1 aliphatic carbocycles. The summed E-state index contributed by atoms with van der Waals surface area (Å²) in [6, 6.07) is 71.4. The Morgan fingerprint density at radius 1 is 0.328 bits per heavy atom. The molecule has 0 unspecified atom stereocenters. The molecule has 2 aromatic heterocycles. The molecule has 13 rings (SSSR count). The van der Waals surface area contributed by atoms with Gasteiger partial charge in [-0.15, -0.1) is 0 Å². The smallest absolute Gasteiger partial charge is 0.164 e. The van der Waals surface area contributed by atoms with Crippen molar-refractivity contribution in [3.8, 4) is 67.5 Å². The summed E-state index contributed by atoms with van der Waals surface area (Å²) in [6.45, 7) is 4.61. The SMILES string of the molecule is CC1(C)c2ccccc2-c2c(-c3nc(-c4ccccc4)nc(-c4cccc(-c5cccc6oc7ccc(-c8ccc9c%10ccccc%10c%10ccccc%10c9c8)cc7c56)c4)n3)cccc21. The summed E-state index contributed by atoms with van der Waals surface area (Å²) in [6.07, 6.45) is 0. The van der Waals surface area contributed by atoms with Gasteiger partial charge in [0.2, 0.25) is 0 Å². The molecule has 0 spiro atoms. The molecule has 64 heavy (non-hydrogen) atoms. The summed E-state index contributed by atoms with van der Waals surface area (Å²) in [5, 5.41) is 9.76. The van der Waals surface area contributed by atoms with Crippen LogP contribution >= 0.6 is 0 Å². The molecule has 0 atom stereocenters. The van der Waals surface area contributed by atoms with E-state index in [9.17, 15) is 0 Å². The number of hydrogen-bond acceptors (Lipinski definition) is 4. The van der Waals surface area contributed by atoms with Crippen molar-refractivity contribution in [1.29, 1.82) is 0 Å². The Kier molecular flexibility index (Phi) is 7.92. The average molecular weight is 818 g/mol. The third kappa shape index (κ3) is 5.52. The van der Waals surface area contributed by atoms with Gasteiger partial charge in [-0.2, -0.15) is 0 Å². The summed E-state index contributed by atoms with van der Waals surface area (Å²) in [4.78, 5) is 15.7. The molecule has 0 fully saturated rings. The fourth-order valence-corrected chi connectivity index (χ4v) is 10.4. The van der Waals surface area contributed by atoms with Crippen molar-refractivity contribution in [3.63, 3.8) is 0 Å². The number of fused-ring (bicyclic) bond motifs is 12. The highest BCUT2D eigenvalue weighted by molar-refractivity contribution is 6.26. The first-order valence-corrected chi connectivity index (χ1v) is 21.9. The monoisotopic (exact) mass is 817 g/mol. The van der Waals surface area contributed by atoms with Crippen LogP contribution in [0.5, 0.6) is 0 Å². The van der Waals surface area contributed by atoms with Crippen LogP contribution in [0.15, 0.2) is 205 Å². The van der Waals surface area contributed by atoms with Gasteiger partial charge in [-0.1, -0.05) is 184 Å². The standard InChI is InChI=1S/C60H39N3O/c1-60(2)51-26-11-10-23-47(51)55-48(25-13-27-52(55)60)59-62-57(36-15-4-3-5-16-36)61-58(63-59)40-18-12-17-39(33-40)41-24-14-28-54-56(41)50-35-38(30-32-53(50)64-54)37-29-31-46-44-21-7-6-19-42(44)43-20-8-9-22-45(43)49(46)34-37/h3-35H,1-2H3. The molecule has 0 radical (unpaired) electrons. The second-order valence-corrected chi connectivity index (χ2v) is 17.5. The maximum atomic E-state index is 6.57. The van der Waals surface area contributed by atoms with Gasteiger partial charge in [-0.05, 0) is 107 Å². The molecule has 2 heterocycles. The number of furan rings is 1. The molecule has 4 nitrogen and oxygen atoms in total. The molecule has 10 aromatic carbocycles. The second kappa shape index (κ2) is 13.9.